The van der Waals surface area contributed by atoms with Crippen LogP contribution in [0.2, 0.25) is 0 Å². The molecule has 0 radical (unpaired) electrons. The van der Waals surface area contributed by atoms with Crippen LogP contribution < -0.4 is 5.73 Å². The Bertz CT molecular complexity index is 337. The van der Waals surface area contributed by atoms with E-state index in [0.29, 0.717) is 0 Å². The van der Waals surface area contributed by atoms with Crippen molar-refractivity contribution in [1.29, 1.82) is 0 Å². The van der Waals surface area contributed by atoms with Crippen molar-refractivity contribution in [2.24, 2.45) is 5.73 Å². The van der Waals surface area contributed by atoms with Crippen LogP contribution in [0.3, 0.4) is 0 Å². The molecular formula is C12H15N. The molecule has 1 unspecified atom stereocenters. The van der Waals surface area contributed by atoms with Crippen LogP contribution in [0.25, 0.3) is 6.08 Å². The van der Waals surface area contributed by atoms with E-state index >= 15 is 0 Å². The summed E-state index contributed by atoms with van der Waals surface area (Å²) in [5.41, 5.74) is 10.0. The molecule has 1 heteroatoms. The minimum absolute atomic E-state index is 0.202. The first kappa shape index (κ1) is 8.52. The predicted octanol–water partition coefficient (Wildman–Crippen LogP) is 2.36. The molecule has 1 aromatic carbocycles. The topological polar surface area (TPSA) is 26.0 Å². The van der Waals surface area contributed by atoms with E-state index < -0.39 is 0 Å². The summed E-state index contributed by atoms with van der Waals surface area (Å²) in [6.45, 7) is 2.06. The molecule has 13 heavy (non-hydrogen) atoms. The first-order valence-corrected chi connectivity index (χ1v) is 4.81. The zero-order valence-corrected chi connectivity index (χ0v) is 7.96. The molecule has 1 aromatic rings. The quantitative estimate of drug-likeness (QED) is 0.693. The Balaban J connectivity index is 2.38. The minimum atomic E-state index is 0.202. The lowest BCUT2D eigenvalue weighted by atomic mass is 9.90. The molecular weight excluding hydrogens is 158 g/mol. The molecule has 0 aromatic heterocycles. The highest BCUT2D eigenvalue weighted by atomic mass is 14.6. The molecule has 0 aliphatic heterocycles. The Hall–Kier alpha value is -1.08. The highest BCUT2D eigenvalue weighted by Gasteiger charge is 2.11. The van der Waals surface area contributed by atoms with Crippen LogP contribution in [-0.2, 0) is 6.42 Å². The van der Waals surface area contributed by atoms with Crippen LogP contribution in [0.1, 0.15) is 24.5 Å². The van der Waals surface area contributed by atoms with Gasteiger partial charge in [0, 0.05) is 6.04 Å². The molecule has 2 rings (SSSR count). The summed E-state index contributed by atoms with van der Waals surface area (Å²) in [5.74, 6) is 0. The fourth-order valence-electron chi connectivity index (χ4n) is 1.81. The van der Waals surface area contributed by atoms with Crippen LogP contribution in [-0.4, -0.2) is 6.04 Å². The van der Waals surface area contributed by atoms with Gasteiger partial charge in [-0.25, -0.2) is 0 Å². The fraction of sp³-hybridized carbons (Fsp3) is 0.333. The van der Waals surface area contributed by atoms with Gasteiger partial charge in [0.25, 0.3) is 0 Å². The van der Waals surface area contributed by atoms with Gasteiger partial charge in [0.2, 0.25) is 0 Å². The third kappa shape index (κ3) is 1.65. The molecule has 0 amide bonds. The zero-order chi connectivity index (χ0) is 9.26. The van der Waals surface area contributed by atoms with Gasteiger partial charge in [0.05, 0.1) is 0 Å². The smallest absolute Gasteiger partial charge is 0.0228 e. The molecule has 1 nitrogen and oxygen atoms in total. The normalized spacial score (nSPS) is 17.5. The standard InChI is InChI=1S/C12H15N/c1-9(13)11-7-6-10-4-2-3-5-12(10)8-11/h2-5,8-9H,6-7,13H2,1H3. The average Bonchev–Trinajstić information content (AvgIpc) is 2.17. The van der Waals surface area contributed by atoms with Crippen LogP contribution >= 0.6 is 0 Å². The van der Waals surface area contributed by atoms with Crippen LogP contribution in [0.4, 0.5) is 0 Å². The SMILES string of the molecule is CC(N)C1=Cc2ccccc2CC1. The van der Waals surface area contributed by atoms with Gasteiger partial charge in [-0.05, 0) is 30.9 Å². The molecule has 1 aliphatic carbocycles. The van der Waals surface area contributed by atoms with Crippen LogP contribution in [0.15, 0.2) is 29.8 Å². The number of nitrogens with two attached hydrogens (primary N) is 1. The minimum Gasteiger partial charge on any atom is -0.324 e. The van der Waals surface area contributed by atoms with Crippen molar-refractivity contribution < 1.29 is 0 Å². The Kier molecular flexibility index (Phi) is 2.19. The number of rotatable bonds is 1. The summed E-state index contributed by atoms with van der Waals surface area (Å²) in [5, 5.41) is 0. The lowest BCUT2D eigenvalue weighted by Crippen LogP contribution is -2.19. The van der Waals surface area contributed by atoms with E-state index in [1.807, 2.05) is 0 Å². The molecule has 68 valence electrons. The fourth-order valence-corrected chi connectivity index (χ4v) is 1.81. The summed E-state index contributed by atoms with van der Waals surface area (Å²) in [7, 11) is 0. The summed E-state index contributed by atoms with van der Waals surface area (Å²) in [4.78, 5) is 0. The Morgan fingerprint density at radius 1 is 1.23 bits per heavy atom. The Labute approximate surface area is 79.3 Å². The lowest BCUT2D eigenvalue weighted by Gasteiger charge is -2.18. The van der Waals surface area contributed by atoms with Crippen molar-refractivity contribution in [2.75, 3.05) is 0 Å². The highest BCUT2D eigenvalue weighted by Crippen LogP contribution is 2.24. The molecule has 2 N–H and O–H groups in total. The van der Waals surface area contributed by atoms with Gasteiger partial charge in [0.15, 0.2) is 0 Å². The van der Waals surface area contributed by atoms with Crippen molar-refractivity contribution in [3.8, 4) is 0 Å². The van der Waals surface area contributed by atoms with Crippen LogP contribution in [0.5, 0.6) is 0 Å². The van der Waals surface area contributed by atoms with Gasteiger partial charge < -0.3 is 5.73 Å². The maximum absolute atomic E-state index is 5.86. The van der Waals surface area contributed by atoms with E-state index in [1.165, 1.54) is 16.7 Å². The number of benzene rings is 1. The molecule has 0 fully saturated rings. The zero-order valence-electron chi connectivity index (χ0n) is 7.96. The van der Waals surface area contributed by atoms with Crippen molar-refractivity contribution in [3.05, 3.63) is 41.0 Å². The summed E-state index contributed by atoms with van der Waals surface area (Å²) < 4.78 is 0. The maximum Gasteiger partial charge on any atom is 0.0228 e. The molecule has 0 bridgehead atoms. The molecule has 1 atom stereocenters. The third-order valence-electron chi connectivity index (χ3n) is 2.66. The Morgan fingerprint density at radius 3 is 2.77 bits per heavy atom. The second-order valence-electron chi connectivity index (χ2n) is 3.71. The van der Waals surface area contributed by atoms with E-state index in [0.717, 1.165) is 12.8 Å². The van der Waals surface area contributed by atoms with Crippen molar-refractivity contribution >= 4 is 6.08 Å². The number of hydrogen-bond donors (Lipinski definition) is 1. The summed E-state index contributed by atoms with van der Waals surface area (Å²) in [6.07, 6.45) is 4.50. The largest absolute Gasteiger partial charge is 0.324 e. The van der Waals surface area contributed by atoms with Gasteiger partial charge in [-0.2, -0.15) is 0 Å². The average molecular weight is 173 g/mol. The number of hydrogen-bond acceptors (Lipinski definition) is 1. The van der Waals surface area contributed by atoms with E-state index in [-0.39, 0.29) is 6.04 Å². The first-order valence-electron chi connectivity index (χ1n) is 4.81. The van der Waals surface area contributed by atoms with E-state index in [1.54, 1.807) is 0 Å². The van der Waals surface area contributed by atoms with E-state index in [9.17, 15) is 0 Å². The van der Waals surface area contributed by atoms with E-state index in [4.69, 9.17) is 5.73 Å². The predicted molar refractivity (Wildman–Crippen MR) is 56.4 cm³/mol. The van der Waals surface area contributed by atoms with Gasteiger partial charge in [-0.3, -0.25) is 0 Å². The van der Waals surface area contributed by atoms with Crippen molar-refractivity contribution in [3.63, 3.8) is 0 Å². The summed E-state index contributed by atoms with van der Waals surface area (Å²) >= 11 is 0. The monoisotopic (exact) mass is 173 g/mol. The van der Waals surface area contributed by atoms with E-state index in [2.05, 4.69) is 37.3 Å². The van der Waals surface area contributed by atoms with Gasteiger partial charge in [-0.1, -0.05) is 35.9 Å². The molecule has 0 saturated heterocycles. The van der Waals surface area contributed by atoms with Crippen LogP contribution in [0, 0.1) is 0 Å². The number of fused-ring (bicyclic) bond motifs is 1. The third-order valence-corrected chi connectivity index (χ3v) is 2.66. The molecule has 0 spiro atoms. The second-order valence-corrected chi connectivity index (χ2v) is 3.71. The van der Waals surface area contributed by atoms with Gasteiger partial charge in [-0.15, -0.1) is 0 Å². The van der Waals surface area contributed by atoms with Crippen molar-refractivity contribution in [2.45, 2.75) is 25.8 Å². The lowest BCUT2D eigenvalue weighted by molar-refractivity contribution is 0.777. The van der Waals surface area contributed by atoms with Crippen molar-refractivity contribution in [1.82, 2.24) is 0 Å². The molecule has 1 aliphatic rings. The van der Waals surface area contributed by atoms with Gasteiger partial charge in [0.1, 0.15) is 0 Å². The van der Waals surface area contributed by atoms with Gasteiger partial charge >= 0.3 is 0 Å². The first-order chi connectivity index (χ1) is 6.27. The number of aryl methyl sites for hydroxylation is 1. The second kappa shape index (κ2) is 3.35. The molecule has 0 heterocycles. The molecule has 0 saturated carbocycles. The highest BCUT2D eigenvalue weighted by molar-refractivity contribution is 5.60. The Morgan fingerprint density at radius 2 is 2.00 bits per heavy atom. The summed E-state index contributed by atoms with van der Waals surface area (Å²) in [6, 6.07) is 8.75. The maximum atomic E-state index is 5.86.